The second kappa shape index (κ2) is 6.73. The molecule has 0 aliphatic carbocycles. The number of nitrogens with zero attached hydrogens (tertiary/aromatic N) is 2. The van der Waals surface area contributed by atoms with Gasteiger partial charge in [-0.1, -0.05) is 27.7 Å². The number of rotatable bonds is 5. The van der Waals surface area contributed by atoms with Crippen LogP contribution in [0.4, 0.5) is 5.82 Å². The van der Waals surface area contributed by atoms with Gasteiger partial charge in [-0.2, -0.15) is 0 Å². The minimum atomic E-state index is 0.0405. The lowest BCUT2D eigenvalue weighted by atomic mass is 9.86. The Morgan fingerprint density at radius 1 is 1.33 bits per heavy atom. The van der Waals surface area contributed by atoms with E-state index < -0.39 is 0 Å². The molecule has 0 saturated carbocycles. The average Bonchev–Trinajstić information content (AvgIpc) is 2.46. The molecule has 2 rings (SSSR count). The highest BCUT2D eigenvalue weighted by Gasteiger charge is 2.34. The Hall–Kier alpha value is -1.16. The summed E-state index contributed by atoms with van der Waals surface area (Å²) in [6, 6.07) is 2.48. The van der Waals surface area contributed by atoms with E-state index in [-0.39, 0.29) is 5.60 Å². The van der Waals surface area contributed by atoms with Crippen LogP contribution in [0.25, 0.3) is 0 Å². The fourth-order valence-electron chi connectivity index (χ4n) is 3.03. The molecule has 2 heterocycles. The maximum atomic E-state index is 6.04. The number of hydrogen-bond donors (Lipinski definition) is 1. The number of ether oxygens (including phenoxy) is 1. The number of aromatic nitrogens is 2. The quantitative estimate of drug-likeness (QED) is 0.888. The van der Waals surface area contributed by atoms with Crippen LogP contribution >= 0.6 is 0 Å². The second-order valence-electron chi connectivity index (χ2n) is 6.48. The van der Waals surface area contributed by atoms with E-state index in [1.807, 2.05) is 13.0 Å². The zero-order valence-electron chi connectivity index (χ0n) is 14.1. The summed E-state index contributed by atoms with van der Waals surface area (Å²) in [5.74, 6) is 2.23. The number of aryl methyl sites for hydroxylation is 1. The van der Waals surface area contributed by atoms with Crippen molar-refractivity contribution in [2.75, 3.05) is 11.9 Å². The molecule has 0 bridgehead atoms. The molecule has 118 valence electrons. The van der Waals surface area contributed by atoms with Gasteiger partial charge in [0.25, 0.3) is 0 Å². The Morgan fingerprint density at radius 2 is 2.05 bits per heavy atom. The van der Waals surface area contributed by atoms with Crippen molar-refractivity contribution in [3.8, 4) is 0 Å². The Balaban J connectivity index is 2.11. The smallest absolute Gasteiger partial charge is 0.133 e. The Labute approximate surface area is 128 Å². The summed E-state index contributed by atoms with van der Waals surface area (Å²) < 4.78 is 6.04. The molecule has 1 aliphatic heterocycles. The zero-order valence-corrected chi connectivity index (χ0v) is 14.1. The van der Waals surface area contributed by atoms with Crippen LogP contribution in [0.2, 0.25) is 0 Å². The topological polar surface area (TPSA) is 47.0 Å². The van der Waals surface area contributed by atoms with E-state index in [4.69, 9.17) is 4.74 Å². The van der Waals surface area contributed by atoms with E-state index in [1.165, 1.54) is 0 Å². The maximum Gasteiger partial charge on any atom is 0.133 e. The van der Waals surface area contributed by atoms with Crippen LogP contribution < -0.4 is 5.32 Å². The fourth-order valence-corrected chi connectivity index (χ4v) is 3.03. The summed E-state index contributed by atoms with van der Waals surface area (Å²) in [6.07, 6.45) is 4.24. The van der Waals surface area contributed by atoms with Gasteiger partial charge in [-0.25, -0.2) is 9.97 Å². The summed E-state index contributed by atoms with van der Waals surface area (Å²) in [5.41, 5.74) is 1.07. The minimum Gasteiger partial charge on any atom is -0.375 e. The molecule has 21 heavy (non-hydrogen) atoms. The van der Waals surface area contributed by atoms with E-state index in [0.29, 0.717) is 12.0 Å². The number of nitrogens with one attached hydrogen (secondary N) is 1. The summed E-state index contributed by atoms with van der Waals surface area (Å²) in [4.78, 5) is 9.18. The summed E-state index contributed by atoms with van der Waals surface area (Å²) in [6.45, 7) is 11.6. The molecule has 1 aromatic rings. The van der Waals surface area contributed by atoms with Crippen molar-refractivity contribution in [2.24, 2.45) is 0 Å². The lowest BCUT2D eigenvalue weighted by molar-refractivity contribution is -0.0864. The highest BCUT2D eigenvalue weighted by atomic mass is 16.5. The molecule has 1 atom stereocenters. The van der Waals surface area contributed by atoms with Crippen molar-refractivity contribution < 1.29 is 4.74 Å². The lowest BCUT2D eigenvalue weighted by Crippen LogP contribution is -2.43. The second-order valence-corrected chi connectivity index (χ2v) is 6.48. The van der Waals surface area contributed by atoms with Gasteiger partial charge < -0.3 is 10.1 Å². The molecule has 4 heteroatoms. The molecule has 0 radical (unpaired) electrons. The molecule has 4 nitrogen and oxygen atoms in total. The van der Waals surface area contributed by atoms with Gasteiger partial charge in [0.05, 0.1) is 5.60 Å². The standard InChI is InChI=1S/C17H29N3O/c1-6-17(7-2)11-14(8-9-21-17)19-15-10-13(5)18-16(20-15)12(3)4/h10,12,14H,6-9,11H2,1-5H3,(H,18,19,20). The summed E-state index contributed by atoms with van der Waals surface area (Å²) >= 11 is 0. The van der Waals surface area contributed by atoms with E-state index in [0.717, 1.165) is 49.6 Å². The van der Waals surface area contributed by atoms with Crippen LogP contribution in [-0.2, 0) is 4.74 Å². The molecule has 1 fully saturated rings. The third-order valence-corrected chi connectivity index (χ3v) is 4.52. The van der Waals surface area contributed by atoms with Gasteiger partial charge in [-0.05, 0) is 32.6 Å². The first-order chi connectivity index (χ1) is 9.98. The summed E-state index contributed by atoms with van der Waals surface area (Å²) in [5, 5.41) is 3.61. The van der Waals surface area contributed by atoms with Gasteiger partial charge in [-0.15, -0.1) is 0 Å². The minimum absolute atomic E-state index is 0.0405. The molecule has 1 aromatic heterocycles. The van der Waals surface area contributed by atoms with Gasteiger partial charge in [0.15, 0.2) is 0 Å². The van der Waals surface area contributed by atoms with Gasteiger partial charge in [-0.3, -0.25) is 0 Å². The molecule has 1 N–H and O–H groups in total. The Morgan fingerprint density at radius 3 is 2.67 bits per heavy atom. The van der Waals surface area contributed by atoms with Crippen molar-refractivity contribution in [3.63, 3.8) is 0 Å². The highest BCUT2D eigenvalue weighted by molar-refractivity contribution is 5.37. The third-order valence-electron chi connectivity index (χ3n) is 4.52. The molecular weight excluding hydrogens is 262 g/mol. The molecule has 0 spiro atoms. The van der Waals surface area contributed by atoms with Gasteiger partial charge in [0.2, 0.25) is 0 Å². The van der Waals surface area contributed by atoms with Crippen molar-refractivity contribution in [1.82, 2.24) is 9.97 Å². The Bertz CT molecular complexity index is 469. The molecule has 1 unspecified atom stereocenters. The molecular formula is C17H29N3O. The van der Waals surface area contributed by atoms with Crippen molar-refractivity contribution in [2.45, 2.75) is 77.9 Å². The van der Waals surface area contributed by atoms with Crippen LogP contribution in [0, 0.1) is 6.92 Å². The van der Waals surface area contributed by atoms with E-state index >= 15 is 0 Å². The van der Waals surface area contributed by atoms with Crippen LogP contribution in [0.1, 0.15) is 70.8 Å². The first-order valence-corrected chi connectivity index (χ1v) is 8.24. The third kappa shape index (κ3) is 3.94. The predicted octanol–water partition coefficient (Wildman–Crippen LogP) is 4.06. The monoisotopic (exact) mass is 291 g/mol. The van der Waals surface area contributed by atoms with Crippen LogP contribution in [0.15, 0.2) is 6.07 Å². The lowest BCUT2D eigenvalue weighted by Gasteiger charge is -2.40. The van der Waals surface area contributed by atoms with Gasteiger partial charge in [0, 0.05) is 30.3 Å². The highest BCUT2D eigenvalue weighted by Crippen LogP contribution is 2.32. The van der Waals surface area contributed by atoms with Crippen molar-refractivity contribution in [1.29, 1.82) is 0 Å². The van der Waals surface area contributed by atoms with E-state index in [1.54, 1.807) is 0 Å². The SMILES string of the molecule is CCC1(CC)CC(Nc2cc(C)nc(C(C)C)n2)CCO1. The van der Waals surface area contributed by atoms with E-state index in [9.17, 15) is 0 Å². The number of anilines is 1. The van der Waals surface area contributed by atoms with Gasteiger partial charge >= 0.3 is 0 Å². The molecule has 0 amide bonds. The normalized spacial score (nSPS) is 21.5. The van der Waals surface area contributed by atoms with Crippen LogP contribution in [0.3, 0.4) is 0 Å². The zero-order chi connectivity index (χ0) is 15.5. The summed E-state index contributed by atoms with van der Waals surface area (Å²) in [7, 11) is 0. The van der Waals surface area contributed by atoms with Crippen LogP contribution in [-0.4, -0.2) is 28.2 Å². The average molecular weight is 291 g/mol. The molecule has 1 saturated heterocycles. The van der Waals surface area contributed by atoms with E-state index in [2.05, 4.69) is 43.0 Å². The first-order valence-electron chi connectivity index (χ1n) is 8.24. The fraction of sp³-hybridized carbons (Fsp3) is 0.765. The molecule has 1 aliphatic rings. The Kier molecular flexibility index (Phi) is 5.20. The molecule has 0 aromatic carbocycles. The van der Waals surface area contributed by atoms with Crippen LogP contribution in [0.5, 0.6) is 0 Å². The number of hydrogen-bond acceptors (Lipinski definition) is 4. The van der Waals surface area contributed by atoms with Crippen molar-refractivity contribution in [3.05, 3.63) is 17.6 Å². The van der Waals surface area contributed by atoms with Crippen molar-refractivity contribution >= 4 is 5.82 Å². The first kappa shape index (κ1) is 16.2. The largest absolute Gasteiger partial charge is 0.375 e. The maximum absolute atomic E-state index is 6.04. The van der Waals surface area contributed by atoms with Gasteiger partial charge in [0.1, 0.15) is 11.6 Å². The predicted molar refractivity (Wildman–Crippen MR) is 86.8 cm³/mol.